The minimum absolute atomic E-state index is 0.243. The van der Waals surface area contributed by atoms with E-state index in [1.165, 1.54) is 11.3 Å². The van der Waals surface area contributed by atoms with Crippen molar-refractivity contribution in [2.24, 2.45) is 0 Å². The van der Waals surface area contributed by atoms with Crippen molar-refractivity contribution < 1.29 is 14.7 Å². The highest BCUT2D eigenvalue weighted by atomic mass is 32.1. The molecule has 0 radical (unpaired) electrons. The van der Waals surface area contributed by atoms with E-state index >= 15 is 0 Å². The molecule has 1 aromatic carbocycles. The van der Waals surface area contributed by atoms with Gasteiger partial charge in [-0.3, -0.25) is 4.79 Å². The van der Waals surface area contributed by atoms with E-state index in [1.807, 2.05) is 19.1 Å². The third-order valence-corrected chi connectivity index (χ3v) is 5.20. The fourth-order valence-electron chi connectivity index (χ4n) is 2.74. The number of fused-ring (bicyclic) bond motifs is 1. The summed E-state index contributed by atoms with van der Waals surface area (Å²) in [5.41, 5.74) is 3.13. The zero-order valence-corrected chi connectivity index (χ0v) is 13.1. The summed E-state index contributed by atoms with van der Waals surface area (Å²) in [5, 5.41) is 12.2. The normalized spacial score (nSPS) is 13.5. The van der Waals surface area contributed by atoms with Crippen LogP contribution in [-0.4, -0.2) is 17.0 Å². The van der Waals surface area contributed by atoms with Gasteiger partial charge in [0.1, 0.15) is 4.88 Å². The second kappa shape index (κ2) is 5.93. The molecule has 0 bridgehead atoms. The highest BCUT2D eigenvalue weighted by molar-refractivity contribution is 7.14. The molecule has 0 unspecified atom stereocenters. The van der Waals surface area contributed by atoms with E-state index in [-0.39, 0.29) is 10.8 Å². The Bertz CT molecular complexity index is 731. The third kappa shape index (κ3) is 2.76. The Balaban J connectivity index is 1.94. The Morgan fingerprint density at radius 1 is 1.14 bits per heavy atom. The number of hydrogen-bond donors (Lipinski definition) is 2. The Morgan fingerprint density at radius 3 is 2.50 bits per heavy atom. The zero-order chi connectivity index (χ0) is 15.7. The minimum Gasteiger partial charge on any atom is -0.477 e. The van der Waals surface area contributed by atoms with Crippen LogP contribution in [0.15, 0.2) is 24.3 Å². The lowest BCUT2D eigenvalue weighted by Gasteiger charge is -2.13. The average molecular weight is 315 g/mol. The van der Waals surface area contributed by atoms with Crippen molar-refractivity contribution in [3.8, 4) is 0 Å². The van der Waals surface area contributed by atoms with Gasteiger partial charge in [-0.25, -0.2) is 4.79 Å². The van der Waals surface area contributed by atoms with Crippen LogP contribution in [0.2, 0.25) is 0 Å². The molecule has 1 aliphatic carbocycles. The molecule has 2 aromatic rings. The molecule has 3 rings (SSSR count). The van der Waals surface area contributed by atoms with Crippen molar-refractivity contribution >= 4 is 28.9 Å². The van der Waals surface area contributed by atoms with Gasteiger partial charge in [-0.2, -0.15) is 0 Å². The molecule has 0 aliphatic heterocycles. The molecule has 5 heteroatoms. The van der Waals surface area contributed by atoms with E-state index in [4.69, 9.17) is 0 Å². The lowest BCUT2D eigenvalue weighted by Crippen LogP contribution is -2.15. The zero-order valence-electron chi connectivity index (χ0n) is 12.3. The topological polar surface area (TPSA) is 66.4 Å². The van der Waals surface area contributed by atoms with Crippen molar-refractivity contribution in [1.82, 2.24) is 0 Å². The van der Waals surface area contributed by atoms with Crippen LogP contribution in [0, 0.1) is 6.92 Å². The van der Waals surface area contributed by atoms with E-state index < -0.39 is 5.97 Å². The molecule has 2 N–H and O–H groups in total. The molecule has 4 nitrogen and oxygen atoms in total. The van der Waals surface area contributed by atoms with E-state index in [2.05, 4.69) is 5.32 Å². The molecule has 1 heterocycles. The van der Waals surface area contributed by atoms with E-state index in [1.54, 1.807) is 12.1 Å². The summed E-state index contributed by atoms with van der Waals surface area (Å²) in [4.78, 5) is 25.2. The minimum atomic E-state index is -0.974. The van der Waals surface area contributed by atoms with Gasteiger partial charge in [-0.15, -0.1) is 11.3 Å². The molecule has 114 valence electrons. The molecule has 0 spiro atoms. The van der Waals surface area contributed by atoms with Gasteiger partial charge in [0.2, 0.25) is 0 Å². The Morgan fingerprint density at radius 2 is 1.82 bits per heavy atom. The van der Waals surface area contributed by atoms with Crippen molar-refractivity contribution in [1.29, 1.82) is 0 Å². The number of thiophene rings is 1. The number of carbonyl (C=O) groups is 2. The summed E-state index contributed by atoms with van der Waals surface area (Å²) in [7, 11) is 0. The van der Waals surface area contributed by atoms with Gasteiger partial charge in [-0.05, 0) is 50.3 Å². The van der Waals surface area contributed by atoms with Crippen molar-refractivity contribution in [3.05, 3.63) is 50.7 Å². The highest BCUT2D eigenvalue weighted by Gasteiger charge is 2.25. The first-order chi connectivity index (χ1) is 10.6. The van der Waals surface area contributed by atoms with Gasteiger partial charge < -0.3 is 10.4 Å². The molecule has 1 aliphatic rings. The maximum Gasteiger partial charge on any atom is 0.348 e. The number of carboxylic acids is 1. The first kappa shape index (κ1) is 14.8. The standard InChI is InChI=1S/C17H17NO3S/c1-10-6-8-11(9-7-10)16(19)18-14-12-4-2-3-5-13(12)22-15(14)17(20)21/h6-9H,2-5H2,1H3,(H,18,19)(H,20,21). The van der Waals surface area contributed by atoms with Gasteiger partial charge in [-0.1, -0.05) is 17.7 Å². The fourth-order valence-corrected chi connectivity index (χ4v) is 3.92. The summed E-state index contributed by atoms with van der Waals surface area (Å²) >= 11 is 1.30. The number of carbonyl (C=O) groups excluding carboxylic acids is 1. The maximum absolute atomic E-state index is 12.4. The first-order valence-corrected chi connectivity index (χ1v) is 8.14. The predicted molar refractivity (Wildman–Crippen MR) is 87.1 cm³/mol. The molecule has 0 saturated carbocycles. The van der Waals surface area contributed by atoms with Gasteiger partial charge >= 0.3 is 5.97 Å². The van der Waals surface area contributed by atoms with Crippen LogP contribution in [-0.2, 0) is 12.8 Å². The summed E-state index contributed by atoms with van der Waals surface area (Å²) in [6.07, 6.45) is 3.86. The molecule has 1 amide bonds. The monoisotopic (exact) mass is 315 g/mol. The largest absolute Gasteiger partial charge is 0.477 e. The van der Waals surface area contributed by atoms with Crippen LogP contribution in [0.1, 0.15) is 48.9 Å². The first-order valence-electron chi connectivity index (χ1n) is 7.32. The number of nitrogens with one attached hydrogen (secondary N) is 1. The van der Waals surface area contributed by atoms with E-state index in [0.717, 1.165) is 41.7 Å². The Labute approximate surface area is 132 Å². The molecular weight excluding hydrogens is 298 g/mol. The Kier molecular flexibility index (Phi) is 3.98. The van der Waals surface area contributed by atoms with Crippen LogP contribution in [0.25, 0.3) is 0 Å². The third-order valence-electron chi connectivity index (χ3n) is 3.92. The van der Waals surface area contributed by atoms with Crippen LogP contribution >= 0.6 is 11.3 Å². The quantitative estimate of drug-likeness (QED) is 0.903. The number of aryl methyl sites for hydroxylation is 2. The van der Waals surface area contributed by atoms with Gasteiger partial charge in [0.05, 0.1) is 5.69 Å². The average Bonchev–Trinajstić information content (AvgIpc) is 2.87. The van der Waals surface area contributed by atoms with E-state index in [0.29, 0.717) is 11.3 Å². The molecule has 0 saturated heterocycles. The molecule has 22 heavy (non-hydrogen) atoms. The van der Waals surface area contributed by atoms with E-state index in [9.17, 15) is 14.7 Å². The van der Waals surface area contributed by atoms with Crippen LogP contribution in [0.5, 0.6) is 0 Å². The number of benzene rings is 1. The lowest BCUT2D eigenvalue weighted by molar-refractivity contribution is 0.0703. The van der Waals surface area contributed by atoms with Crippen molar-refractivity contribution in [2.75, 3.05) is 5.32 Å². The number of hydrogen-bond acceptors (Lipinski definition) is 3. The summed E-state index contributed by atoms with van der Waals surface area (Å²) in [6, 6.07) is 7.25. The van der Waals surface area contributed by atoms with Crippen LogP contribution in [0.4, 0.5) is 5.69 Å². The smallest absolute Gasteiger partial charge is 0.348 e. The summed E-state index contributed by atoms with van der Waals surface area (Å²) in [5.74, 6) is -1.23. The van der Waals surface area contributed by atoms with Gasteiger partial charge in [0.25, 0.3) is 5.91 Å². The fraction of sp³-hybridized carbons (Fsp3) is 0.294. The summed E-state index contributed by atoms with van der Waals surface area (Å²) in [6.45, 7) is 1.96. The number of aromatic carboxylic acids is 1. The SMILES string of the molecule is Cc1ccc(C(=O)Nc2c(C(=O)O)sc3c2CCCC3)cc1. The number of anilines is 1. The lowest BCUT2D eigenvalue weighted by atomic mass is 9.97. The molecular formula is C17H17NO3S. The second-order valence-corrected chi connectivity index (χ2v) is 6.65. The van der Waals surface area contributed by atoms with Crippen molar-refractivity contribution in [3.63, 3.8) is 0 Å². The number of rotatable bonds is 3. The van der Waals surface area contributed by atoms with Crippen molar-refractivity contribution in [2.45, 2.75) is 32.6 Å². The molecule has 1 aromatic heterocycles. The Hall–Kier alpha value is -2.14. The van der Waals surface area contributed by atoms with Crippen LogP contribution in [0.3, 0.4) is 0 Å². The number of amides is 1. The second-order valence-electron chi connectivity index (χ2n) is 5.54. The highest BCUT2D eigenvalue weighted by Crippen LogP contribution is 2.38. The molecule has 0 atom stereocenters. The number of carboxylic acid groups (broad SMARTS) is 1. The molecule has 0 fully saturated rings. The van der Waals surface area contributed by atoms with Gasteiger partial charge in [0, 0.05) is 10.4 Å². The van der Waals surface area contributed by atoms with Gasteiger partial charge in [0.15, 0.2) is 0 Å². The van der Waals surface area contributed by atoms with Crippen LogP contribution < -0.4 is 5.32 Å². The maximum atomic E-state index is 12.4. The summed E-state index contributed by atoms with van der Waals surface area (Å²) < 4.78 is 0. The predicted octanol–water partition coefficient (Wildman–Crippen LogP) is 3.89.